The zero-order chi connectivity index (χ0) is 18.8. The maximum absolute atomic E-state index is 13.1. The molecular formula is C23H17FN2O. The van der Waals surface area contributed by atoms with Crippen molar-refractivity contribution >= 4 is 23.1 Å². The lowest BCUT2D eigenvalue weighted by molar-refractivity contribution is 0.628. The van der Waals surface area contributed by atoms with Gasteiger partial charge in [0.1, 0.15) is 11.6 Å². The number of hydrogen-bond acceptors (Lipinski definition) is 2. The quantitative estimate of drug-likeness (QED) is 0.517. The molecule has 0 aliphatic rings. The molecule has 27 heavy (non-hydrogen) atoms. The zero-order valence-electron chi connectivity index (χ0n) is 14.8. The topological polar surface area (TPSA) is 34.9 Å². The first kappa shape index (κ1) is 16.9. The summed E-state index contributed by atoms with van der Waals surface area (Å²) >= 11 is 0. The van der Waals surface area contributed by atoms with E-state index in [0.717, 1.165) is 16.8 Å². The second-order valence-corrected chi connectivity index (χ2v) is 6.35. The van der Waals surface area contributed by atoms with Crippen LogP contribution in [-0.4, -0.2) is 9.55 Å². The van der Waals surface area contributed by atoms with Gasteiger partial charge in [-0.3, -0.25) is 9.36 Å². The van der Waals surface area contributed by atoms with Crippen LogP contribution in [0.15, 0.2) is 77.6 Å². The number of benzene rings is 3. The molecule has 0 N–H and O–H groups in total. The molecule has 1 aromatic heterocycles. The first-order valence-corrected chi connectivity index (χ1v) is 8.64. The second kappa shape index (κ2) is 7.00. The highest BCUT2D eigenvalue weighted by Gasteiger charge is 2.10. The van der Waals surface area contributed by atoms with Crippen molar-refractivity contribution in [1.82, 2.24) is 9.55 Å². The van der Waals surface area contributed by atoms with Crippen molar-refractivity contribution in [2.24, 2.45) is 0 Å². The molecule has 4 aromatic rings. The number of aromatic nitrogens is 2. The van der Waals surface area contributed by atoms with Gasteiger partial charge in [-0.2, -0.15) is 0 Å². The van der Waals surface area contributed by atoms with Gasteiger partial charge in [-0.1, -0.05) is 48.0 Å². The second-order valence-electron chi connectivity index (χ2n) is 6.35. The number of hydrogen-bond donors (Lipinski definition) is 0. The van der Waals surface area contributed by atoms with Crippen LogP contribution in [-0.2, 0) is 0 Å². The van der Waals surface area contributed by atoms with E-state index < -0.39 is 0 Å². The fourth-order valence-corrected chi connectivity index (χ4v) is 2.95. The standard InChI is InChI=1S/C23H17FN2O/c1-16-6-13-19(14-7-16)26-22(15-10-17-8-11-18(24)12-9-17)25-21-5-3-2-4-20(21)23(26)27/h2-15H,1H3. The Balaban J connectivity index is 1.92. The summed E-state index contributed by atoms with van der Waals surface area (Å²) in [6.45, 7) is 2.00. The molecule has 0 bridgehead atoms. The van der Waals surface area contributed by atoms with E-state index in [1.165, 1.54) is 12.1 Å². The molecule has 0 radical (unpaired) electrons. The molecule has 0 aliphatic heterocycles. The Morgan fingerprint density at radius 1 is 0.889 bits per heavy atom. The Labute approximate surface area is 156 Å². The minimum absolute atomic E-state index is 0.122. The van der Waals surface area contributed by atoms with E-state index in [2.05, 4.69) is 4.98 Å². The van der Waals surface area contributed by atoms with Crippen LogP contribution in [0.5, 0.6) is 0 Å². The molecule has 0 spiro atoms. The minimum Gasteiger partial charge on any atom is -0.268 e. The summed E-state index contributed by atoms with van der Waals surface area (Å²) < 4.78 is 14.7. The summed E-state index contributed by atoms with van der Waals surface area (Å²) in [6, 6.07) is 21.2. The van der Waals surface area contributed by atoms with E-state index >= 15 is 0 Å². The van der Waals surface area contributed by atoms with Crippen molar-refractivity contribution in [2.75, 3.05) is 0 Å². The van der Waals surface area contributed by atoms with Crippen LogP contribution < -0.4 is 5.56 Å². The van der Waals surface area contributed by atoms with Gasteiger partial charge in [-0.25, -0.2) is 9.37 Å². The number of nitrogens with zero attached hydrogens (tertiary/aromatic N) is 2. The van der Waals surface area contributed by atoms with Crippen molar-refractivity contribution in [3.05, 3.63) is 106 Å². The molecule has 4 rings (SSSR count). The highest BCUT2D eigenvalue weighted by atomic mass is 19.1. The molecule has 4 heteroatoms. The van der Waals surface area contributed by atoms with Gasteiger partial charge < -0.3 is 0 Å². The van der Waals surface area contributed by atoms with Crippen LogP contribution in [0, 0.1) is 12.7 Å². The normalized spacial score (nSPS) is 11.3. The Bertz CT molecular complexity index is 1190. The molecular weight excluding hydrogens is 339 g/mol. The summed E-state index contributed by atoms with van der Waals surface area (Å²) in [4.78, 5) is 17.8. The highest BCUT2D eigenvalue weighted by molar-refractivity contribution is 5.80. The van der Waals surface area contributed by atoms with E-state index in [4.69, 9.17) is 0 Å². The number of aryl methyl sites for hydroxylation is 1. The molecule has 3 nitrogen and oxygen atoms in total. The van der Waals surface area contributed by atoms with E-state index in [1.54, 1.807) is 28.8 Å². The third kappa shape index (κ3) is 3.42. The van der Waals surface area contributed by atoms with Gasteiger partial charge in [0, 0.05) is 0 Å². The lowest BCUT2D eigenvalue weighted by Crippen LogP contribution is -2.22. The number of fused-ring (bicyclic) bond motifs is 1. The Morgan fingerprint density at radius 3 is 2.33 bits per heavy atom. The Morgan fingerprint density at radius 2 is 1.59 bits per heavy atom. The fraction of sp³-hybridized carbons (Fsp3) is 0.0435. The Kier molecular flexibility index (Phi) is 4.38. The maximum Gasteiger partial charge on any atom is 0.266 e. The van der Waals surface area contributed by atoms with Gasteiger partial charge in [0.05, 0.1) is 16.6 Å². The summed E-state index contributed by atoms with van der Waals surface area (Å²) in [5.74, 6) is 0.236. The molecule has 1 heterocycles. The predicted molar refractivity (Wildman–Crippen MR) is 107 cm³/mol. The summed E-state index contributed by atoms with van der Waals surface area (Å²) in [6.07, 6.45) is 3.60. The Hall–Kier alpha value is -3.53. The van der Waals surface area contributed by atoms with E-state index in [0.29, 0.717) is 16.7 Å². The molecule has 3 aromatic carbocycles. The summed E-state index contributed by atoms with van der Waals surface area (Å²) in [7, 11) is 0. The lowest BCUT2D eigenvalue weighted by atomic mass is 10.2. The molecule has 0 saturated heterocycles. The third-order valence-corrected chi connectivity index (χ3v) is 4.39. The van der Waals surface area contributed by atoms with Gasteiger partial charge in [0.2, 0.25) is 0 Å². The predicted octanol–water partition coefficient (Wildman–Crippen LogP) is 5.00. The first-order chi connectivity index (χ1) is 13.1. The van der Waals surface area contributed by atoms with Gasteiger partial charge in [-0.15, -0.1) is 0 Å². The van der Waals surface area contributed by atoms with Crippen LogP contribution >= 0.6 is 0 Å². The van der Waals surface area contributed by atoms with Crippen LogP contribution in [0.4, 0.5) is 4.39 Å². The molecule has 0 unspecified atom stereocenters. The van der Waals surface area contributed by atoms with Crippen LogP contribution in [0.1, 0.15) is 17.0 Å². The molecule has 0 aliphatic carbocycles. The van der Waals surface area contributed by atoms with Crippen molar-refractivity contribution in [2.45, 2.75) is 6.92 Å². The average Bonchev–Trinajstić information content (AvgIpc) is 2.69. The number of rotatable bonds is 3. The van der Waals surface area contributed by atoms with Crippen LogP contribution in [0.25, 0.3) is 28.7 Å². The molecule has 0 fully saturated rings. The summed E-state index contributed by atoms with van der Waals surface area (Å²) in [5.41, 5.74) is 3.22. The minimum atomic E-state index is -0.285. The monoisotopic (exact) mass is 356 g/mol. The van der Waals surface area contributed by atoms with E-state index in [-0.39, 0.29) is 11.4 Å². The average molecular weight is 356 g/mol. The van der Waals surface area contributed by atoms with Gasteiger partial charge in [-0.05, 0) is 55.0 Å². The van der Waals surface area contributed by atoms with Crippen molar-refractivity contribution in [3.63, 3.8) is 0 Å². The molecule has 0 atom stereocenters. The van der Waals surface area contributed by atoms with E-state index in [9.17, 15) is 9.18 Å². The number of para-hydroxylation sites is 1. The maximum atomic E-state index is 13.1. The zero-order valence-corrected chi connectivity index (χ0v) is 14.8. The SMILES string of the molecule is Cc1ccc(-n2c(C=Cc3ccc(F)cc3)nc3ccccc3c2=O)cc1. The highest BCUT2D eigenvalue weighted by Crippen LogP contribution is 2.16. The van der Waals surface area contributed by atoms with Crippen molar-refractivity contribution < 1.29 is 4.39 Å². The van der Waals surface area contributed by atoms with Crippen molar-refractivity contribution in [1.29, 1.82) is 0 Å². The fourth-order valence-electron chi connectivity index (χ4n) is 2.95. The third-order valence-electron chi connectivity index (χ3n) is 4.39. The van der Waals surface area contributed by atoms with Crippen LogP contribution in [0.2, 0.25) is 0 Å². The van der Waals surface area contributed by atoms with Crippen molar-refractivity contribution in [3.8, 4) is 5.69 Å². The molecule has 0 saturated carbocycles. The number of halogens is 1. The van der Waals surface area contributed by atoms with Gasteiger partial charge in [0.25, 0.3) is 5.56 Å². The molecule has 132 valence electrons. The first-order valence-electron chi connectivity index (χ1n) is 8.64. The largest absolute Gasteiger partial charge is 0.268 e. The van der Waals surface area contributed by atoms with Gasteiger partial charge >= 0.3 is 0 Å². The van der Waals surface area contributed by atoms with Gasteiger partial charge in [0.15, 0.2) is 0 Å². The molecule has 0 amide bonds. The smallest absolute Gasteiger partial charge is 0.266 e. The van der Waals surface area contributed by atoms with Crippen LogP contribution in [0.3, 0.4) is 0 Å². The lowest BCUT2D eigenvalue weighted by Gasteiger charge is -2.11. The van der Waals surface area contributed by atoms with E-state index in [1.807, 2.05) is 55.5 Å². The summed E-state index contributed by atoms with van der Waals surface area (Å²) in [5, 5.41) is 0.567.